The number of carbonyl (C=O) groups is 1. The highest BCUT2D eigenvalue weighted by Gasteiger charge is 2.25. The minimum atomic E-state index is -4.06. The van der Waals surface area contributed by atoms with Gasteiger partial charge in [0.2, 0.25) is 5.43 Å². The lowest BCUT2D eigenvalue weighted by Gasteiger charge is -2.23. The topological polar surface area (TPSA) is 112 Å². The summed E-state index contributed by atoms with van der Waals surface area (Å²) >= 11 is 0. The molecule has 34 heavy (non-hydrogen) atoms. The van der Waals surface area contributed by atoms with E-state index >= 15 is 0 Å². The highest BCUT2D eigenvalue weighted by atomic mass is 32.2. The monoisotopic (exact) mass is 480 g/mol. The van der Waals surface area contributed by atoms with Gasteiger partial charge in [-0.05, 0) is 61.5 Å². The fourth-order valence-electron chi connectivity index (χ4n) is 3.52. The summed E-state index contributed by atoms with van der Waals surface area (Å²) in [4.78, 5) is 32.5. The van der Waals surface area contributed by atoms with Crippen LogP contribution in [-0.2, 0) is 16.6 Å². The summed E-state index contributed by atoms with van der Waals surface area (Å²) in [5.74, 6) is -1.09. The second-order valence-corrected chi connectivity index (χ2v) is 9.25. The predicted molar refractivity (Wildman–Crippen MR) is 127 cm³/mol. The Morgan fingerprint density at radius 2 is 1.88 bits per heavy atom. The van der Waals surface area contributed by atoms with Gasteiger partial charge in [-0.1, -0.05) is 6.07 Å². The van der Waals surface area contributed by atoms with Gasteiger partial charge >= 0.3 is 0 Å². The molecule has 0 spiro atoms. The summed E-state index contributed by atoms with van der Waals surface area (Å²) in [6, 6.07) is 14.4. The number of H-pyrrole nitrogens is 1. The summed E-state index contributed by atoms with van der Waals surface area (Å²) in [5, 5.41) is 2.70. The van der Waals surface area contributed by atoms with Crippen LogP contribution in [0.15, 0.2) is 82.7 Å². The summed E-state index contributed by atoms with van der Waals surface area (Å²) in [5.41, 5.74) is 0.551. The highest BCUT2D eigenvalue weighted by Crippen LogP contribution is 2.25. The average Bonchev–Trinajstić information content (AvgIpc) is 2.85. The second kappa shape index (κ2) is 9.44. The number of hydrogen-bond acceptors (Lipinski definition) is 5. The van der Waals surface area contributed by atoms with Crippen molar-refractivity contribution in [1.29, 1.82) is 0 Å². The van der Waals surface area contributed by atoms with Gasteiger partial charge < -0.3 is 10.3 Å². The first-order chi connectivity index (χ1) is 16.3. The van der Waals surface area contributed by atoms with E-state index in [4.69, 9.17) is 0 Å². The van der Waals surface area contributed by atoms with Crippen molar-refractivity contribution in [3.63, 3.8) is 0 Å². The third kappa shape index (κ3) is 4.53. The fourth-order valence-corrected chi connectivity index (χ4v) is 5.02. The van der Waals surface area contributed by atoms with Crippen molar-refractivity contribution in [3.8, 4) is 0 Å². The van der Waals surface area contributed by atoms with Gasteiger partial charge in [-0.2, -0.15) is 0 Å². The normalized spacial score (nSPS) is 11.4. The highest BCUT2D eigenvalue weighted by molar-refractivity contribution is 7.92. The number of carbonyl (C=O) groups excluding carboxylic acids is 1. The molecule has 0 aliphatic heterocycles. The number of amides is 1. The van der Waals surface area contributed by atoms with Crippen LogP contribution < -0.4 is 15.1 Å². The maximum absolute atomic E-state index is 13.3. The first-order valence-corrected chi connectivity index (χ1v) is 11.9. The van der Waals surface area contributed by atoms with Gasteiger partial charge in [-0.3, -0.25) is 18.9 Å². The van der Waals surface area contributed by atoms with Gasteiger partial charge in [0.1, 0.15) is 11.4 Å². The minimum absolute atomic E-state index is 0.0571. The molecule has 2 N–H and O–H groups in total. The predicted octanol–water partition coefficient (Wildman–Crippen LogP) is 3.21. The van der Waals surface area contributed by atoms with Gasteiger partial charge in [0, 0.05) is 29.8 Å². The second-order valence-electron chi connectivity index (χ2n) is 7.39. The molecule has 2 aromatic heterocycles. The molecular formula is C24H21FN4O4S. The van der Waals surface area contributed by atoms with E-state index < -0.39 is 27.2 Å². The van der Waals surface area contributed by atoms with E-state index in [-0.39, 0.29) is 28.9 Å². The van der Waals surface area contributed by atoms with E-state index in [1.54, 1.807) is 31.3 Å². The molecule has 2 aromatic carbocycles. The number of aromatic amines is 1. The number of rotatable bonds is 7. The first kappa shape index (κ1) is 23.1. The molecule has 0 aliphatic carbocycles. The SMILES string of the molecule is CCN(c1ccc(F)cc1)S(=O)(=O)c1ccc2[nH]cc(C(=O)NCc3ccccn3)c(=O)c2c1. The fraction of sp³-hybridized carbons (Fsp3) is 0.125. The molecule has 2 heterocycles. The number of aromatic nitrogens is 2. The number of anilines is 1. The number of sulfonamides is 1. The van der Waals surface area contributed by atoms with Gasteiger partial charge in [-0.15, -0.1) is 0 Å². The van der Waals surface area contributed by atoms with Crippen molar-refractivity contribution in [2.45, 2.75) is 18.4 Å². The Balaban J connectivity index is 1.68. The molecule has 0 unspecified atom stereocenters. The van der Waals surface area contributed by atoms with Crippen LogP contribution in [-0.4, -0.2) is 30.8 Å². The smallest absolute Gasteiger partial charge is 0.264 e. The number of pyridine rings is 2. The molecule has 4 aromatic rings. The molecule has 4 rings (SSSR count). The van der Waals surface area contributed by atoms with Gasteiger partial charge in [0.15, 0.2) is 0 Å². The molecule has 8 nitrogen and oxygen atoms in total. The molecular weight excluding hydrogens is 459 g/mol. The third-order valence-electron chi connectivity index (χ3n) is 5.24. The Morgan fingerprint density at radius 3 is 2.56 bits per heavy atom. The van der Waals surface area contributed by atoms with E-state index in [1.807, 2.05) is 0 Å². The minimum Gasteiger partial charge on any atom is -0.360 e. The summed E-state index contributed by atoms with van der Waals surface area (Å²) in [6.07, 6.45) is 2.89. The molecule has 0 radical (unpaired) electrons. The van der Waals surface area contributed by atoms with Crippen molar-refractivity contribution in [2.75, 3.05) is 10.8 Å². The van der Waals surface area contributed by atoms with E-state index in [9.17, 15) is 22.4 Å². The van der Waals surface area contributed by atoms with Crippen LogP contribution in [0.5, 0.6) is 0 Å². The molecule has 0 saturated carbocycles. The summed E-state index contributed by atoms with van der Waals surface area (Å²) in [6.45, 7) is 1.88. The standard InChI is InChI=1S/C24H21FN4O4S/c1-2-29(18-8-6-16(25)7-9-18)34(32,33)19-10-11-22-20(13-19)23(30)21(15-27-22)24(31)28-14-17-5-3-4-12-26-17/h3-13,15H,2,14H2,1H3,(H,27,30)(H,28,31). The number of halogens is 1. The van der Waals surface area contributed by atoms with E-state index in [2.05, 4.69) is 15.3 Å². The zero-order valence-electron chi connectivity index (χ0n) is 18.2. The Morgan fingerprint density at radius 1 is 1.12 bits per heavy atom. The maximum Gasteiger partial charge on any atom is 0.264 e. The Kier molecular flexibility index (Phi) is 6.42. The quantitative estimate of drug-likeness (QED) is 0.422. The zero-order valence-corrected chi connectivity index (χ0v) is 19.0. The molecule has 10 heteroatoms. The van der Waals surface area contributed by atoms with Crippen LogP contribution in [0.1, 0.15) is 23.0 Å². The van der Waals surface area contributed by atoms with Crippen molar-refractivity contribution >= 4 is 32.5 Å². The molecule has 0 fully saturated rings. The Bertz CT molecular complexity index is 1500. The van der Waals surface area contributed by atoms with E-state index in [0.717, 1.165) is 4.31 Å². The largest absolute Gasteiger partial charge is 0.360 e. The van der Waals surface area contributed by atoms with Crippen molar-refractivity contribution in [1.82, 2.24) is 15.3 Å². The van der Waals surface area contributed by atoms with Crippen molar-refractivity contribution in [3.05, 3.63) is 100 Å². The Hall–Kier alpha value is -4.05. The lowest BCUT2D eigenvalue weighted by molar-refractivity contribution is 0.0949. The van der Waals surface area contributed by atoms with Gasteiger partial charge in [0.05, 0.1) is 22.8 Å². The zero-order chi connectivity index (χ0) is 24.3. The molecule has 174 valence electrons. The number of nitrogens with one attached hydrogen (secondary N) is 2. The first-order valence-electron chi connectivity index (χ1n) is 10.4. The van der Waals surface area contributed by atoms with E-state index in [1.165, 1.54) is 48.7 Å². The molecule has 1 amide bonds. The molecule has 0 aliphatic rings. The van der Waals surface area contributed by atoms with Gasteiger partial charge in [0.25, 0.3) is 15.9 Å². The molecule has 0 saturated heterocycles. The van der Waals surface area contributed by atoms with Crippen LogP contribution in [0.4, 0.5) is 10.1 Å². The number of benzene rings is 2. The summed E-state index contributed by atoms with van der Waals surface area (Å²) in [7, 11) is -4.06. The lowest BCUT2D eigenvalue weighted by atomic mass is 10.1. The average molecular weight is 481 g/mol. The van der Waals surface area contributed by atoms with Crippen LogP contribution >= 0.6 is 0 Å². The maximum atomic E-state index is 13.3. The third-order valence-corrected chi connectivity index (χ3v) is 7.14. The molecule has 0 atom stereocenters. The number of hydrogen-bond donors (Lipinski definition) is 2. The Labute approximate surface area is 195 Å². The van der Waals surface area contributed by atoms with Crippen LogP contribution in [0, 0.1) is 5.82 Å². The van der Waals surface area contributed by atoms with E-state index in [0.29, 0.717) is 16.9 Å². The summed E-state index contributed by atoms with van der Waals surface area (Å²) < 4.78 is 41.1. The number of fused-ring (bicyclic) bond motifs is 1. The van der Waals surface area contributed by atoms with Crippen molar-refractivity contribution in [2.24, 2.45) is 0 Å². The molecule has 0 bridgehead atoms. The van der Waals surface area contributed by atoms with Crippen LogP contribution in [0.25, 0.3) is 10.9 Å². The van der Waals surface area contributed by atoms with Crippen LogP contribution in [0.2, 0.25) is 0 Å². The van der Waals surface area contributed by atoms with Crippen molar-refractivity contribution < 1.29 is 17.6 Å². The number of nitrogens with zero attached hydrogens (tertiary/aromatic N) is 2. The lowest BCUT2D eigenvalue weighted by Crippen LogP contribution is -2.31. The van der Waals surface area contributed by atoms with Gasteiger partial charge in [-0.25, -0.2) is 12.8 Å². The van der Waals surface area contributed by atoms with Crippen LogP contribution in [0.3, 0.4) is 0 Å².